The number of hydrogen-bond acceptors (Lipinski definition) is 6. The van der Waals surface area contributed by atoms with Gasteiger partial charge in [0.25, 0.3) is 0 Å². The largest absolute Gasteiger partial charge is 0.457 e. The Balaban J connectivity index is 1.55. The molecule has 0 aliphatic carbocycles. The van der Waals surface area contributed by atoms with Crippen LogP contribution in [0.3, 0.4) is 0 Å². The molecule has 2 aliphatic rings. The van der Waals surface area contributed by atoms with Crippen LogP contribution >= 0.6 is 0 Å². The third kappa shape index (κ3) is 3.32. The Morgan fingerprint density at radius 3 is 3.09 bits per heavy atom. The molecule has 0 bridgehead atoms. The van der Waals surface area contributed by atoms with Gasteiger partial charge >= 0.3 is 5.97 Å². The Morgan fingerprint density at radius 1 is 1.48 bits per heavy atom. The van der Waals surface area contributed by atoms with Gasteiger partial charge < -0.3 is 15.0 Å². The van der Waals surface area contributed by atoms with Crippen LogP contribution in [0.15, 0.2) is 24.5 Å². The molecule has 0 saturated carbocycles. The lowest BCUT2D eigenvalue weighted by molar-refractivity contribution is -0.133. The van der Waals surface area contributed by atoms with E-state index in [4.69, 9.17) is 10.00 Å². The minimum Gasteiger partial charge on any atom is -0.457 e. The van der Waals surface area contributed by atoms with Crippen LogP contribution in [0.2, 0.25) is 0 Å². The summed E-state index contributed by atoms with van der Waals surface area (Å²) in [4.78, 5) is 30.0. The van der Waals surface area contributed by atoms with Gasteiger partial charge in [0.2, 0.25) is 5.91 Å². The van der Waals surface area contributed by atoms with E-state index in [-0.39, 0.29) is 18.1 Å². The quantitative estimate of drug-likeness (QED) is 0.816. The fourth-order valence-corrected chi connectivity index (χ4v) is 3.05. The molecule has 1 aromatic heterocycles. The van der Waals surface area contributed by atoms with Crippen molar-refractivity contribution in [2.45, 2.75) is 37.5 Å². The molecule has 2 fully saturated rings. The van der Waals surface area contributed by atoms with Gasteiger partial charge in [0.1, 0.15) is 12.1 Å². The van der Waals surface area contributed by atoms with E-state index in [0.29, 0.717) is 25.1 Å². The van der Waals surface area contributed by atoms with Gasteiger partial charge in [0, 0.05) is 31.9 Å². The first-order chi connectivity index (χ1) is 11.2. The van der Waals surface area contributed by atoms with Crippen molar-refractivity contribution in [2.75, 3.05) is 13.1 Å². The van der Waals surface area contributed by atoms with Crippen LogP contribution in [0.4, 0.5) is 0 Å². The van der Waals surface area contributed by atoms with Gasteiger partial charge in [-0.25, -0.2) is 4.79 Å². The van der Waals surface area contributed by atoms with Gasteiger partial charge in [-0.05, 0) is 25.0 Å². The summed E-state index contributed by atoms with van der Waals surface area (Å²) in [6.45, 7) is 1.06. The van der Waals surface area contributed by atoms with E-state index in [1.165, 1.54) is 6.20 Å². The lowest BCUT2D eigenvalue weighted by Gasteiger charge is -2.23. The number of hydrogen-bond donors (Lipinski definition) is 1. The molecule has 1 N–H and O–H groups in total. The molecule has 0 radical (unpaired) electrons. The van der Waals surface area contributed by atoms with E-state index in [2.05, 4.69) is 16.4 Å². The molecule has 1 amide bonds. The van der Waals surface area contributed by atoms with E-state index in [1.54, 1.807) is 23.2 Å². The SMILES string of the molecule is N#C[C@@H]1CCCN1C(=O)[C@@H]1C[C@H](OC(=O)c2cccnc2)CN1. The number of amides is 1. The minimum atomic E-state index is -0.436. The number of likely N-dealkylation sites (tertiary alicyclic amines) is 1. The number of pyridine rings is 1. The molecular weight excluding hydrogens is 296 g/mol. The van der Waals surface area contributed by atoms with Gasteiger partial charge in [-0.15, -0.1) is 0 Å². The van der Waals surface area contributed by atoms with Crippen molar-refractivity contribution in [3.05, 3.63) is 30.1 Å². The summed E-state index contributed by atoms with van der Waals surface area (Å²) in [6, 6.07) is 4.76. The molecule has 120 valence electrons. The molecule has 0 unspecified atom stereocenters. The van der Waals surface area contributed by atoms with Crippen LogP contribution in [0, 0.1) is 11.3 Å². The van der Waals surface area contributed by atoms with E-state index in [0.717, 1.165) is 12.8 Å². The van der Waals surface area contributed by atoms with Crippen molar-refractivity contribution in [1.29, 1.82) is 5.26 Å². The maximum atomic E-state index is 12.5. The highest BCUT2D eigenvalue weighted by Crippen LogP contribution is 2.21. The maximum Gasteiger partial charge on any atom is 0.340 e. The molecule has 2 aliphatic heterocycles. The van der Waals surface area contributed by atoms with E-state index >= 15 is 0 Å². The summed E-state index contributed by atoms with van der Waals surface area (Å²) >= 11 is 0. The van der Waals surface area contributed by atoms with E-state index in [9.17, 15) is 9.59 Å². The topological polar surface area (TPSA) is 95.3 Å². The standard InChI is InChI=1S/C16H18N4O3/c17-8-12-4-2-6-20(12)15(21)14-7-13(10-19-14)23-16(22)11-3-1-5-18-9-11/h1,3,5,9,12-14,19H,2,4,6-7,10H2/t12-,13-,14-/m0/s1. The zero-order valence-corrected chi connectivity index (χ0v) is 12.6. The van der Waals surface area contributed by atoms with E-state index in [1.807, 2.05) is 0 Å². The van der Waals surface area contributed by atoms with Gasteiger partial charge in [-0.2, -0.15) is 5.26 Å². The fraction of sp³-hybridized carbons (Fsp3) is 0.500. The first-order valence-corrected chi connectivity index (χ1v) is 7.73. The second-order valence-corrected chi connectivity index (χ2v) is 5.78. The highest BCUT2D eigenvalue weighted by Gasteiger charge is 2.38. The Bertz CT molecular complexity index is 628. The molecule has 2 saturated heterocycles. The van der Waals surface area contributed by atoms with Crippen LogP contribution in [0.25, 0.3) is 0 Å². The summed E-state index contributed by atoms with van der Waals surface area (Å²) < 4.78 is 5.42. The molecule has 3 rings (SSSR count). The average molecular weight is 314 g/mol. The molecule has 7 nitrogen and oxygen atoms in total. The lowest BCUT2D eigenvalue weighted by atomic mass is 10.1. The van der Waals surface area contributed by atoms with Crippen LogP contribution in [0.5, 0.6) is 0 Å². The summed E-state index contributed by atoms with van der Waals surface area (Å²) in [5.74, 6) is -0.511. The summed E-state index contributed by atoms with van der Waals surface area (Å²) in [5, 5.41) is 12.2. The number of nitriles is 1. The zero-order chi connectivity index (χ0) is 16.2. The van der Waals surface area contributed by atoms with Crippen molar-refractivity contribution in [3.8, 4) is 6.07 Å². The second kappa shape index (κ2) is 6.75. The first-order valence-electron chi connectivity index (χ1n) is 7.73. The van der Waals surface area contributed by atoms with Crippen molar-refractivity contribution in [2.24, 2.45) is 0 Å². The lowest BCUT2D eigenvalue weighted by Crippen LogP contribution is -2.45. The second-order valence-electron chi connectivity index (χ2n) is 5.78. The highest BCUT2D eigenvalue weighted by atomic mass is 16.5. The van der Waals surface area contributed by atoms with Crippen molar-refractivity contribution >= 4 is 11.9 Å². The third-order valence-electron chi connectivity index (χ3n) is 4.24. The molecule has 3 atom stereocenters. The van der Waals surface area contributed by atoms with Gasteiger partial charge in [0.05, 0.1) is 17.7 Å². The smallest absolute Gasteiger partial charge is 0.340 e. The van der Waals surface area contributed by atoms with Gasteiger partial charge in [-0.1, -0.05) is 0 Å². The summed E-state index contributed by atoms with van der Waals surface area (Å²) in [6.07, 6.45) is 4.71. The van der Waals surface area contributed by atoms with Crippen molar-refractivity contribution in [1.82, 2.24) is 15.2 Å². The van der Waals surface area contributed by atoms with Crippen LogP contribution < -0.4 is 5.32 Å². The van der Waals surface area contributed by atoms with Gasteiger partial charge in [-0.3, -0.25) is 9.78 Å². The fourth-order valence-electron chi connectivity index (χ4n) is 3.05. The number of nitrogens with one attached hydrogen (secondary N) is 1. The van der Waals surface area contributed by atoms with Crippen molar-refractivity contribution < 1.29 is 14.3 Å². The maximum absolute atomic E-state index is 12.5. The molecule has 1 aromatic rings. The molecule has 3 heterocycles. The summed E-state index contributed by atoms with van der Waals surface area (Å²) in [7, 11) is 0. The van der Waals surface area contributed by atoms with Crippen LogP contribution in [0.1, 0.15) is 29.6 Å². The normalized spacial score (nSPS) is 26.7. The Hall–Kier alpha value is -2.46. The first kappa shape index (κ1) is 15.4. The number of rotatable bonds is 3. The van der Waals surface area contributed by atoms with Crippen LogP contribution in [-0.4, -0.2) is 53.0 Å². The molecule has 0 spiro atoms. The molecular formula is C16H18N4O3. The van der Waals surface area contributed by atoms with Gasteiger partial charge in [0.15, 0.2) is 0 Å². The number of ether oxygens (including phenoxy) is 1. The molecule has 0 aromatic carbocycles. The Labute approximate surface area is 134 Å². The molecule has 7 heteroatoms. The number of nitrogens with zero attached hydrogens (tertiary/aromatic N) is 3. The third-order valence-corrected chi connectivity index (χ3v) is 4.24. The predicted molar refractivity (Wildman–Crippen MR) is 80.2 cm³/mol. The van der Waals surface area contributed by atoms with Crippen LogP contribution in [-0.2, 0) is 9.53 Å². The zero-order valence-electron chi connectivity index (χ0n) is 12.6. The molecule has 23 heavy (non-hydrogen) atoms. The van der Waals surface area contributed by atoms with E-state index < -0.39 is 12.0 Å². The predicted octanol–water partition coefficient (Wildman–Crippen LogP) is 0.483. The average Bonchev–Trinajstić information content (AvgIpc) is 3.24. The number of carbonyl (C=O) groups is 2. The number of aromatic nitrogens is 1. The Kier molecular flexibility index (Phi) is 4.53. The number of esters is 1. The Morgan fingerprint density at radius 2 is 2.35 bits per heavy atom. The van der Waals surface area contributed by atoms with Crippen molar-refractivity contribution in [3.63, 3.8) is 0 Å². The highest BCUT2D eigenvalue weighted by molar-refractivity contribution is 5.89. The summed E-state index contributed by atoms with van der Waals surface area (Å²) in [5.41, 5.74) is 0.395. The minimum absolute atomic E-state index is 0.0750. The monoisotopic (exact) mass is 314 g/mol. The number of carbonyl (C=O) groups excluding carboxylic acids is 2.